The summed E-state index contributed by atoms with van der Waals surface area (Å²) in [5, 5.41) is 54.7. The van der Waals surface area contributed by atoms with Crippen molar-refractivity contribution in [3.63, 3.8) is 0 Å². The monoisotopic (exact) mass is 1130 g/mol. The van der Waals surface area contributed by atoms with Gasteiger partial charge in [0.2, 0.25) is 5.91 Å². The molecule has 0 aromatic carbocycles. The highest BCUT2D eigenvalue weighted by Crippen LogP contribution is 2.23. The molecular formula is C71H133NO8. The standard InChI is InChI=1S/C71H133NO8/c1-3-5-7-9-11-13-15-17-19-21-23-25-27-28-29-30-31-32-33-34-35-36-37-38-39-41-43-45-47-49-51-53-55-57-59-61-67(75)72-64(63-79-71-70(78)69(77)68(76)66(62-73)80-71)65(74)60-58-56-54-52-50-48-46-44-42-40-26-24-22-20-18-16-14-12-10-8-6-4-2/h15,17,21,23,27-28,58,60,64-66,68-71,73-74,76-78H,3-14,16,18-20,22,24-26,29-57,59,61-63H2,1-2H3,(H,72,75)/b17-15-,23-21-,28-27-,60-58+. The zero-order valence-electron chi connectivity index (χ0n) is 52.6. The molecule has 0 aliphatic carbocycles. The summed E-state index contributed by atoms with van der Waals surface area (Å²) in [5.74, 6) is -0.171. The molecule has 0 spiro atoms. The maximum absolute atomic E-state index is 13.1. The van der Waals surface area contributed by atoms with Crippen LogP contribution < -0.4 is 5.32 Å². The van der Waals surface area contributed by atoms with Crippen molar-refractivity contribution < 1.29 is 39.8 Å². The second kappa shape index (κ2) is 60.3. The van der Waals surface area contributed by atoms with Crippen molar-refractivity contribution in [2.45, 2.75) is 384 Å². The summed E-state index contributed by atoms with van der Waals surface area (Å²) in [6.45, 7) is 3.81. The minimum absolute atomic E-state index is 0.171. The van der Waals surface area contributed by atoms with Gasteiger partial charge in [0.05, 0.1) is 25.4 Å². The number of allylic oxidation sites excluding steroid dienone is 7. The van der Waals surface area contributed by atoms with Gasteiger partial charge in [0.1, 0.15) is 24.4 Å². The quantitative estimate of drug-likeness (QED) is 0.0261. The summed E-state index contributed by atoms with van der Waals surface area (Å²) >= 11 is 0. The van der Waals surface area contributed by atoms with Crippen molar-refractivity contribution in [2.24, 2.45) is 0 Å². The second-order valence-corrected chi connectivity index (χ2v) is 24.3. The number of amides is 1. The molecule has 1 amide bonds. The fraction of sp³-hybridized carbons (Fsp3) is 0.873. The molecule has 0 aromatic heterocycles. The Morgan fingerprint density at radius 2 is 0.738 bits per heavy atom. The van der Waals surface area contributed by atoms with Gasteiger partial charge >= 0.3 is 0 Å². The number of rotatable bonds is 61. The number of aliphatic hydroxyl groups excluding tert-OH is 5. The molecule has 9 nitrogen and oxygen atoms in total. The molecule has 6 N–H and O–H groups in total. The average molecular weight is 1130 g/mol. The SMILES string of the molecule is CCCCCCC/C=C\C/C=C\C/C=C\CCCCCCCCCCCCCCCCCCCCCCC(=O)NC(COC1OC(CO)C(O)C(O)C1O)C(O)/C=C/CCCCCCCCCCCCCCCCCCCCCC. The lowest BCUT2D eigenvalue weighted by Gasteiger charge is -2.40. The second-order valence-electron chi connectivity index (χ2n) is 24.3. The summed E-state index contributed by atoms with van der Waals surface area (Å²) in [5.41, 5.74) is 0. The van der Waals surface area contributed by atoms with Crippen molar-refractivity contribution >= 4 is 5.91 Å². The molecule has 1 aliphatic rings. The first-order chi connectivity index (χ1) is 39.3. The zero-order chi connectivity index (χ0) is 57.9. The largest absolute Gasteiger partial charge is 0.394 e. The summed E-state index contributed by atoms with van der Waals surface area (Å²) in [6, 6.07) is -0.805. The first-order valence-electron chi connectivity index (χ1n) is 34.9. The van der Waals surface area contributed by atoms with Gasteiger partial charge in [-0.1, -0.05) is 326 Å². The van der Waals surface area contributed by atoms with Crippen LogP contribution in [-0.4, -0.2) is 87.5 Å². The maximum Gasteiger partial charge on any atom is 0.220 e. The number of carbonyl (C=O) groups excluding carboxylic acids is 1. The van der Waals surface area contributed by atoms with Crippen molar-refractivity contribution in [2.75, 3.05) is 13.2 Å². The van der Waals surface area contributed by atoms with Crippen molar-refractivity contribution in [3.8, 4) is 0 Å². The molecule has 80 heavy (non-hydrogen) atoms. The van der Waals surface area contributed by atoms with E-state index in [0.29, 0.717) is 6.42 Å². The van der Waals surface area contributed by atoms with E-state index in [1.807, 2.05) is 6.08 Å². The van der Waals surface area contributed by atoms with Crippen LogP contribution in [0.5, 0.6) is 0 Å². The van der Waals surface area contributed by atoms with Crippen LogP contribution in [0.4, 0.5) is 0 Å². The smallest absolute Gasteiger partial charge is 0.220 e. The third-order valence-corrected chi connectivity index (χ3v) is 16.6. The molecular weight excluding hydrogens is 995 g/mol. The first kappa shape index (κ1) is 76.2. The van der Waals surface area contributed by atoms with Crippen molar-refractivity contribution in [1.29, 1.82) is 0 Å². The Morgan fingerprint density at radius 1 is 0.425 bits per heavy atom. The molecule has 0 saturated carbocycles. The molecule has 7 atom stereocenters. The van der Waals surface area contributed by atoms with Crippen LogP contribution in [0.25, 0.3) is 0 Å². The Hall–Kier alpha value is -1.85. The van der Waals surface area contributed by atoms with Gasteiger partial charge in [-0.25, -0.2) is 0 Å². The lowest BCUT2D eigenvalue weighted by molar-refractivity contribution is -0.302. The number of hydrogen-bond acceptors (Lipinski definition) is 8. The van der Waals surface area contributed by atoms with E-state index in [0.717, 1.165) is 51.4 Å². The van der Waals surface area contributed by atoms with Gasteiger partial charge in [0, 0.05) is 6.42 Å². The average Bonchev–Trinajstić information content (AvgIpc) is 3.46. The van der Waals surface area contributed by atoms with E-state index in [2.05, 4.69) is 55.6 Å². The summed E-state index contributed by atoms with van der Waals surface area (Å²) < 4.78 is 11.3. The van der Waals surface area contributed by atoms with Gasteiger partial charge in [-0.15, -0.1) is 0 Å². The van der Waals surface area contributed by atoms with Crippen LogP contribution in [0.3, 0.4) is 0 Å². The van der Waals surface area contributed by atoms with E-state index < -0.39 is 49.5 Å². The molecule has 1 saturated heterocycles. The topological polar surface area (TPSA) is 149 Å². The van der Waals surface area contributed by atoms with E-state index in [4.69, 9.17) is 9.47 Å². The number of nitrogens with one attached hydrogen (secondary N) is 1. The Morgan fingerprint density at radius 3 is 1.09 bits per heavy atom. The summed E-state index contributed by atoms with van der Waals surface area (Å²) in [7, 11) is 0. The predicted molar refractivity (Wildman–Crippen MR) is 341 cm³/mol. The van der Waals surface area contributed by atoms with Crippen LogP contribution in [0.15, 0.2) is 48.6 Å². The van der Waals surface area contributed by atoms with Crippen LogP contribution >= 0.6 is 0 Å². The van der Waals surface area contributed by atoms with Crippen LogP contribution in [0.2, 0.25) is 0 Å². The number of aliphatic hydroxyl groups is 5. The van der Waals surface area contributed by atoms with Crippen molar-refractivity contribution in [1.82, 2.24) is 5.32 Å². The molecule has 0 aromatic rings. The third-order valence-electron chi connectivity index (χ3n) is 16.6. The van der Waals surface area contributed by atoms with Crippen LogP contribution in [0.1, 0.15) is 341 Å². The van der Waals surface area contributed by atoms with Gasteiger partial charge in [-0.3, -0.25) is 4.79 Å². The van der Waals surface area contributed by atoms with E-state index in [9.17, 15) is 30.3 Å². The number of ether oxygens (including phenoxy) is 2. The molecule has 1 rings (SSSR count). The molecule has 1 fully saturated rings. The third kappa shape index (κ3) is 48.5. The Bertz CT molecular complexity index is 1400. The zero-order valence-corrected chi connectivity index (χ0v) is 52.6. The number of unbranched alkanes of at least 4 members (excludes halogenated alkanes) is 45. The van der Waals surface area contributed by atoms with Gasteiger partial charge in [-0.2, -0.15) is 0 Å². The van der Waals surface area contributed by atoms with Crippen LogP contribution in [-0.2, 0) is 14.3 Å². The van der Waals surface area contributed by atoms with Crippen LogP contribution in [0, 0.1) is 0 Å². The number of carbonyl (C=O) groups is 1. The highest BCUT2D eigenvalue weighted by atomic mass is 16.7. The fourth-order valence-electron chi connectivity index (χ4n) is 11.2. The summed E-state index contributed by atoms with van der Waals surface area (Å²) in [6.07, 6.45) is 75.0. The van der Waals surface area contributed by atoms with Gasteiger partial charge in [-0.05, 0) is 57.8 Å². The van der Waals surface area contributed by atoms with E-state index in [1.54, 1.807) is 6.08 Å². The Kier molecular flexibility index (Phi) is 57.4. The fourth-order valence-corrected chi connectivity index (χ4v) is 11.2. The lowest BCUT2D eigenvalue weighted by atomic mass is 9.99. The molecule has 9 heteroatoms. The minimum Gasteiger partial charge on any atom is -0.394 e. The van der Waals surface area contributed by atoms with Gasteiger partial charge in [0.15, 0.2) is 6.29 Å². The lowest BCUT2D eigenvalue weighted by Crippen LogP contribution is -2.60. The molecule has 0 bridgehead atoms. The van der Waals surface area contributed by atoms with E-state index in [1.165, 1.54) is 270 Å². The molecule has 0 radical (unpaired) electrons. The van der Waals surface area contributed by atoms with Gasteiger partial charge in [0.25, 0.3) is 0 Å². The molecule has 1 aliphatic heterocycles. The molecule has 7 unspecified atom stereocenters. The molecule has 470 valence electrons. The summed E-state index contributed by atoms with van der Waals surface area (Å²) in [4.78, 5) is 13.1. The maximum atomic E-state index is 13.1. The Labute approximate surface area is 494 Å². The highest BCUT2D eigenvalue weighted by molar-refractivity contribution is 5.76. The number of hydrogen-bond donors (Lipinski definition) is 6. The van der Waals surface area contributed by atoms with E-state index >= 15 is 0 Å². The first-order valence-corrected chi connectivity index (χ1v) is 34.9. The minimum atomic E-state index is -1.57. The van der Waals surface area contributed by atoms with Gasteiger partial charge < -0.3 is 40.3 Å². The van der Waals surface area contributed by atoms with E-state index in [-0.39, 0.29) is 12.5 Å². The van der Waals surface area contributed by atoms with Crippen molar-refractivity contribution in [3.05, 3.63) is 48.6 Å². The Balaban J connectivity index is 2.10. The highest BCUT2D eigenvalue weighted by Gasteiger charge is 2.44. The predicted octanol–water partition coefficient (Wildman–Crippen LogP) is 18.8. The normalized spacial score (nSPS) is 18.7. The molecule has 1 heterocycles.